The van der Waals surface area contributed by atoms with Gasteiger partial charge < -0.3 is 16.2 Å². The van der Waals surface area contributed by atoms with Crippen LogP contribution in [0.1, 0.15) is 31.6 Å². The number of anilines is 3. The normalized spacial score (nSPS) is 16.8. The maximum atomic E-state index is 10.1. The number of likely N-dealkylation sites (N-methyl/N-ethyl adjacent to an activating group) is 1. The summed E-state index contributed by atoms with van der Waals surface area (Å²) in [6, 6.07) is 9.61. The molecule has 1 aromatic heterocycles. The molecule has 2 aromatic rings. The van der Waals surface area contributed by atoms with Gasteiger partial charge in [0.25, 0.3) is 0 Å². The van der Waals surface area contributed by atoms with Crippen LogP contribution in [0.15, 0.2) is 30.3 Å². The molecule has 0 aliphatic heterocycles. The summed E-state index contributed by atoms with van der Waals surface area (Å²) in [5, 5.41) is 13.3. The third-order valence-electron chi connectivity index (χ3n) is 4.38. The predicted octanol–water partition coefficient (Wildman–Crippen LogP) is 1.96. The summed E-state index contributed by atoms with van der Waals surface area (Å²) in [5.41, 5.74) is 6.73. The maximum absolute atomic E-state index is 10.1. The minimum absolute atomic E-state index is 0.0694. The average Bonchev–Trinajstić information content (AvgIpc) is 3.39. The first-order chi connectivity index (χ1) is 11.5. The molecule has 0 radical (unpaired) electrons. The molecule has 7 heteroatoms. The number of hydrogen-bond donors (Lipinski definition) is 3. The van der Waals surface area contributed by atoms with E-state index >= 15 is 0 Å². The van der Waals surface area contributed by atoms with Crippen LogP contribution < -0.4 is 11.1 Å². The van der Waals surface area contributed by atoms with Crippen molar-refractivity contribution in [3.8, 4) is 0 Å². The molecule has 1 aliphatic rings. The summed E-state index contributed by atoms with van der Waals surface area (Å²) in [4.78, 5) is 14.9. The highest BCUT2D eigenvalue weighted by molar-refractivity contribution is 5.53. The highest BCUT2D eigenvalue weighted by Gasteiger charge is 2.31. The van der Waals surface area contributed by atoms with Gasteiger partial charge in [0, 0.05) is 12.2 Å². The molecule has 0 saturated heterocycles. The minimum Gasteiger partial charge on any atom is -0.392 e. The molecule has 4 N–H and O–H groups in total. The largest absolute Gasteiger partial charge is 0.392 e. The first-order valence-electron chi connectivity index (χ1n) is 8.24. The summed E-state index contributed by atoms with van der Waals surface area (Å²) in [6.07, 6.45) is 1.94. The SMILES string of the molecule is CC(c1nc(N)nc(Nc2ccccc2)n1)N(C)CC(O)C1CC1. The summed E-state index contributed by atoms with van der Waals surface area (Å²) >= 11 is 0. The zero-order valence-electron chi connectivity index (χ0n) is 14.1. The molecular formula is C17H24N6O. The Bertz CT molecular complexity index is 676. The number of nitrogens with zero attached hydrogens (tertiary/aromatic N) is 4. The van der Waals surface area contributed by atoms with E-state index in [1.54, 1.807) is 0 Å². The number of para-hydroxylation sites is 1. The molecule has 24 heavy (non-hydrogen) atoms. The van der Waals surface area contributed by atoms with Gasteiger partial charge in [-0.15, -0.1) is 0 Å². The van der Waals surface area contributed by atoms with Crippen molar-refractivity contribution in [1.29, 1.82) is 0 Å². The van der Waals surface area contributed by atoms with Gasteiger partial charge in [-0.05, 0) is 44.9 Å². The number of hydrogen-bond acceptors (Lipinski definition) is 7. The van der Waals surface area contributed by atoms with E-state index in [1.165, 1.54) is 0 Å². The van der Waals surface area contributed by atoms with Gasteiger partial charge in [0.2, 0.25) is 11.9 Å². The number of rotatable bonds is 7. The van der Waals surface area contributed by atoms with Crippen molar-refractivity contribution in [1.82, 2.24) is 19.9 Å². The Morgan fingerprint density at radius 2 is 1.96 bits per heavy atom. The zero-order chi connectivity index (χ0) is 17.1. The molecule has 3 rings (SSSR count). The fourth-order valence-electron chi connectivity index (χ4n) is 2.58. The van der Waals surface area contributed by atoms with Crippen LogP contribution in [0, 0.1) is 5.92 Å². The van der Waals surface area contributed by atoms with Crippen LogP contribution >= 0.6 is 0 Å². The highest BCUT2D eigenvalue weighted by Crippen LogP contribution is 2.33. The monoisotopic (exact) mass is 328 g/mol. The summed E-state index contributed by atoms with van der Waals surface area (Å²) in [5.74, 6) is 1.64. The number of aliphatic hydroxyl groups excluding tert-OH is 1. The van der Waals surface area contributed by atoms with Crippen molar-refractivity contribution in [2.45, 2.75) is 31.9 Å². The summed E-state index contributed by atoms with van der Waals surface area (Å²) in [7, 11) is 1.96. The van der Waals surface area contributed by atoms with Gasteiger partial charge in [0.1, 0.15) is 0 Å². The number of nitrogens with two attached hydrogens (primary N) is 1. The van der Waals surface area contributed by atoms with Crippen LogP contribution in [0.25, 0.3) is 0 Å². The van der Waals surface area contributed by atoms with Crippen molar-refractivity contribution >= 4 is 17.6 Å². The standard InChI is InChI=1S/C17H24N6O/c1-11(23(2)10-14(24)12-8-9-12)15-20-16(18)22-17(21-15)19-13-6-4-3-5-7-13/h3-7,11-12,14,24H,8-10H2,1-2H3,(H3,18,19,20,21,22). The third-order valence-corrected chi connectivity index (χ3v) is 4.38. The third kappa shape index (κ3) is 4.18. The molecule has 2 unspecified atom stereocenters. The van der Waals surface area contributed by atoms with Crippen LogP contribution in [0.4, 0.5) is 17.6 Å². The molecule has 1 aliphatic carbocycles. The molecule has 2 atom stereocenters. The lowest BCUT2D eigenvalue weighted by Gasteiger charge is -2.26. The zero-order valence-corrected chi connectivity index (χ0v) is 14.1. The lowest BCUT2D eigenvalue weighted by Crippen LogP contribution is -2.33. The van der Waals surface area contributed by atoms with Gasteiger partial charge in [-0.25, -0.2) is 0 Å². The molecule has 0 amide bonds. The van der Waals surface area contributed by atoms with Gasteiger partial charge >= 0.3 is 0 Å². The molecule has 7 nitrogen and oxygen atoms in total. The number of aromatic nitrogens is 3. The van der Waals surface area contributed by atoms with Crippen LogP contribution in [0.3, 0.4) is 0 Å². The summed E-state index contributed by atoms with van der Waals surface area (Å²) in [6.45, 7) is 2.60. The second-order valence-electron chi connectivity index (χ2n) is 6.39. The first-order valence-corrected chi connectivity index (χ1v) is 8.24. The van der Waals surface area contributed by atoms with Crippen molar-refractivity contribution in [3.63, 3.8) is 0 Å². The Kier molecular flexibility index (Phi) is 4.92. The second kappa shape index (κ2) is 7.11. The number of nitrogen functional groups attached to an aromatic ring is 1. The Morgan fingerprint density at radius 3 is 2.62 bits per heavy atom. The molecule has 1 aromatic carbocycles. The fraction of sp³-hybridized carbons (Fsp3) is 0.471. The molecule has 1 fully saturated rings. The molecule has 128 valence electrons. The smallest absolute Gasteiger partial charge is 0.232 e. The Morgan fingerprint density at radius 1 is 1.25 bits per heavy atom. The molecule has 1 saturated carbocycles. The van der Waals surface area contributed by atoms with E-state index in [0.29, 0.717) is 24.2 Å². The van der Waals surface area contributed by atoms with Crippen LogP contribution in [0.2, 0.25) is 0 Å². The minimum atomic E-state index is -0.293. The van der Waals surface area contributed by atoms with Gasteiger partial charge in [0.05, 0.1) is 12.1 Å². The van der Waals surface area contributed by atoms with Crippen LogP contribution in [-0.2, 0) is 0 Å². The van der Waals surface area contributed by atoms with Gasteiger partial charge in [-0.2, -0.15) is 15.0 Å². The number of nitrogens with one attached hydrogen (secondary N) is 1. The molecular weight excluding hydrogens is 304 g/mol. The van der Waals surface area contributed by atoms with Gasteiger partial charge in [-0.1, -0.05) is 18.2 Å². The second-order valence-corrected chi connectivity index (χ2v) is 6.39. The lowest BCUT2D eigenvalue weighted by atomic mass is 10.2. The van der Waals surface area contributed by atoms with E-state index < -0.39 is 0 Å². The number of benzene rings is 1. The van der Waals surface area contributed by atoms with Gasteiger partial charge in [-0.3, -0.25) is 4.90 Å². The maximum Gasteiger partial charge on any atom is 0.232 e. The Balaban J connectivity index is 1.72. The van der Waals surface area contributed by atoms with E-state index in [-0.39, 0.29) is 18.1 Å². The molecule has 0 bridgehead atoms. The van der Waals surface area contributed by atoms with E-state index in [2.05, 4.69) is 20.3 Å². The first kappa shape index (κ1) is 16.6. The lowest BCUT2D eigenvalue weighted by molar-refractivity contribution is 0.0894. The molecule has 0 spiro atoms. The summed E-state index contributed by atoms with van der Waals surface area (Å²) < 4.78 is 0. The highest BCUT2D eigenvalue weighted by atomic mass is 16.3. The average molecular weight is 328 g/mol. The van der Waals surface area contributed by atoms with Crippen molar-refractivity contribution in [2.24, 2.45) is 5.92 Å². The van der Waals surface area contributed by atoms with Crippen LogP contribution in [0.5, 0.6) is 0 Å². The Labute approximate surface area is 142 Å². The molecule has 1 heterocycles. The van der Waals surface area contributed by atoms with E-state index in [1.807, 2.05) is 49.2 Å². The topological polar surface area (TPSA) is 100 Å². The van der Waals surface area contributed by atoms with E-state index in [4.69, 9.17) is 5.73 Å². The van der Waals surface area contributed by atoms with Crippen molar-refractivity contribution < 1.29 is 5.11 Å². The predicted molar refractivity (Wildman–Crippen MR) is 93.7 cm³/mol. The quantitative estimate of drug-likeness (QED) is 0.714. The Hall–Kier alpha value is -2.25. The number of aliphatic hydroxyl groups is 1. The van der Waals surface area contributed by atoms with Crippen molar-refractivity contribution in [2.75, 3.05) is 24.6 Å². The van der Waals surface area contributed by atoms with Crippen LogP contribution in [-0.4, -0.2) is 44.7 Å². The van der Waals surface area contributed by atoms with E-state index in [0.717, 1.165) is 18.5 Å². The van der Waals surface area contributed by atoms with Crippen molar-refractivity contribution in [3.05, 3.63) is 36.2 Å². The van der Waals surface area contributed by atoms with Gasteiger partial charge in [0.15, 0.2) is 5.82 Å². The fourth-order valence-corrected chi connectivity index (χ4v) is 2.58. The van der Waals surface area contributed by atoms with E-state index in [9.17, 15) is 5.11 Å².